The van der Waals surface area contributed by atoms with Gasteiger partial charge >= 0.3 is 0 Å². The summed E-state index contributed by atoms with van der Waals surface area (Å²) in [6.07, 6.45) is 5.10. The number of halogens is 1. The largest absolute Gasteiger partial charge is 0.484 e. The standard InChI is InChI=1S/C18H25N3O3.ClH/c19-10-13-3-1-6-16(13)21-17(22)11-24-15-5-2-4-14(9-15)20-18(23)12-7-8-12;/h2,4-5,9,12-13,16H,1,3,6-8,10-11,19H2,(H,20,23)(H,21,22);1H. The number of nitrogens with two attached hydrogens (primary N) is 1. The van der Waals surface area contributed by atoms with Crippen LogP contribution in [0.2, 0.25) is 0 Å². The van der Waals surface area contributed by atoms with Gasteiger partial charge in [0.2, 0.25) is 5.91 Å². The Kier molecular flexibility index (Phi) is 7.08. The molecule has 2 unspecified atom stereocenters. The van der Waals surface area contributed by atoms with Crippen LogP contribution in [0.5, 0.6) is 5.75 Å². The third-order valence-corrected chi connectivity index (χ3v) is 4.73. The number of amides is 2. The molecule has 1 aromatic carbocycles. The molecule has 1 aromatic rings. The van der Waals surface area contributed by atoms with Gasteiger partial charge in [-0.25, -0.2) is 0 Å². The molecule has 0 aliphatic heterocycles. The fourth-order valence-electron chi connectivity index (χ4n) is 3.16. The quantitative estimate of drug-likeness (QED) is 0.687. The van der Waals surface area contributed by atoms with Crippen molar-refractivity contribution in [2.75, 3.05) is 18.5 Å². The van der Waals surface area contributed by atoms with Crippen molar-refractivity contribution in [1.29, 1.82) is 0 Å². The number of hydrogen-bond donors (Lipinski definition) is 3. The molecule has 2 fully saturated rings. The zero-order valence-corrected chi connectivity index (χ0v) is 15.0. The molecule has 4 N–H and O–H groups in total. The highest BCUT2D eigenvalue weighted by molar-refractivity contribution is 5.94. The second-order valence-electron chi connectivity index (χ2n) is 6.68. The second-order valence-corrected chi connectivity index (χ2v) is 6.68. The van der Waals surface area contributed by atoms with E-state index in [1.807, 2.05) is 6.07 Å². The summed E-state index contributed by atoms with van der Waals surface area (Å²) in [5.74, 6) is 1.02. The zero-order valence-electron chi connectivity index (χ0n) is 14.2. The molecule has 2 aliphatic carbocycles. The fraction of sp³-hybridized carbons (Fsp3) is 0.556. The van der Waals surface area contributed by atoms with Gasteiger partial charge in [-0.3, -0.25) is 9.59 Å². The highest BCUT2D eigenvalue weighted by atomic mass is 35.5. The highest BCUT2D eigenvalue weighted by Gasteiger charge is 2.29. The molecule has 6 nitrogen and oxygen atoms in total. The van der Waals surface area contributed by atoms with Crippen molar-refractivity contribution in [2.45, 2.75) is 38.1 Å². The number of nitrogens with one attached hydrogen (secondary N) is 2. The Morgan fingerprint density at radius 2 is 2.00 bits per heavy atom. The van der Waals surface area contributed by atoms with E-state index < -0.39 is 0 Å². The molecule has 0 heterocycles. The smallest absolute Gasteiger partial charge is 0.258 e. The van der Waals surface area contributed by atoms with Crippen LogP contribution in [0, 0.1) is 11.8 Å². The minimum Gasteiger partial charge on any atom is -0.484 e. The first-order valence-corrected chi connectivity index (χ1v) is 8.69. The SMILES string of the molecule is Cl.NCC1CCCC1NC(=O)COc1cccc(NC(=O)C2CC2)c1. The number of carbonyl (C=O) groups is 2. The van der Waals surface area contributed by atoms with E-state index in [-0.39, 0.29) is 42.8 Å². The summed E-state index contributed by atoms with van der Waals surface area (Å²) in [4.78, 5) is 23.8. The van der Waals surface area contributed by atoms with Crippen LogP contribution in [0.3, 0.4) is 0 Å². The summed E-state index contributed by atoms with van der Waals surface area (Å²) in [6, 6.07) is 7.30. The molecule has 2 atom stereocenters. The molecule has 0 saturated heterocycles. The third kappa shape index (κ3) is 5.61. The minimum absolute atomic E-state index is 0. The van der Waals surface area contributed by atoms with Gasteiger partial charge in [-0.15, -0.1) is 12.4 Å². The average Bonchev–Trinajstić information content (AvgIpc) is 3.34. The van der Waals surface area contributed by atoms with E-state index >= 15 is 0 Å². The van der Waals surface area contributed by atoms with Crippen molar-refractivity contribution in [3.8, 4) is 5.75 Å². The maximum absolute atomic E-state index is 12.0. The average molecular weight is 368 g/mol. The number of hydrogen-bond acceptors (Lipinski definition) is 4. The lowest BCUT2D eigenvalue weighted by molar-refractivity contribution is -0.124. The third-order valence-electron chi connectivity index (χ3n) is 4.73. The lowest BCUT2D eigenvalue weighted by Crippen LogP contribution is -2.42. The van der Waals surface area contributed by atoms with Gasteiger partial charge in [0.15, 0.2) is 6.61 Å². The van der Waals surface area contributed by atoms with Gasteiger partial charge in [0.05, 0.1) is 0 Å². The molecule has 0 radical (unpaired) electrons. The Hall–Kier alpha value is -1.79. The van der Waals surface area contributed by atoms with E-state index in [0.717, 1.165) is 32.1 Å². The molecule has 138 valence electrons. The van der Waals surface area contributed by atoms with Crippen molar-refractivity contribution in [1.82, 2.24) is 5.32 Å². The lowest BCUT2D eigenvalue weighted by atomic mass is 10.0. The monoisotopic (exact) mass is 367 g/mol. The van der Waals surface area contributed by atoms with Crippen molar-refractivity contribution >= 4 is 29.9 Å². The van der Waals surface area contributed by atoms with Crippen molar-refractivity contribution in [3.63, 3.8) is 0 Å². The molecule has 2 amide bonds. The normalized spacial score (nSPS) is 22.0. The van der Waals surface area contributed by atoms with Gasteiger partial charge < -0.3 is 21.1 Å². The predicted octanol–water partition coefficient (Wildman–Crippen LogP) is 2.08. The Labute approximate surface area is 154 Å². The summed E-state index contributed by atoms with van der Waals surface area (Å²) < 4.78 is 5.55. The predicted molar refractivity (Wildman–Crippen MR) is 98.9 cm³/mol. The van der Waals surface area contributed by atoms with E-state index in [1.165, 1.54) is 0 Å². The Morgan fingerprint density at radius 3 is 2.72 bits per heavy atom. The van der Waals surface area contributed by atoms with Crippen LogP contribution >= 0.6 is 12.4 Å². The molecule has 2 saturated carbocycles. The summed E-state index contributed by atoms with van der Waals surface area (Å²) >= 11 is 0. The molecular formula is C18H26ClN3O3. The Balaban J connectivity index is 0.00000225. The van der Waals surface area contributed by atoms with Crippen LogP contribution in [0.25, 0.3) is 0 Å². The van der Waals surface area contributed by atoms with Gasteiger partial charge in [0, 0.05) is 23.7 Å². The number of ether oxygens (including phenoxy) is 1. The fourth-order valence-corrected chi connectivity index (χ4v) is 3.16. The van der Waals surface area contributed by atoms with Crippen LogP contribution in [-0.2, 0) is 9.59 Å². The van der Waals surface area contributed by atoms with Gasteiger partial charge in [-0.1, -0.05) is 12.5 Å². The summed E-state index contributed by atoms with van der Waals surface area (Å²) in [7, 11) is 0. The van der Waals surface area contributed by atoms with Crippen LogP contribution in [-0.4, -0.2) is 31.0 Å². The minimum atomic E-state index is -0.132. The number of carbonyl (C=O) groups excluding carboxylic acids is 2. The van der Waals surface area contributed by atoms with E-state index in [1.54, 1.807) is 18.2 Å². The second kappa shape index (κ2) is 9.06. The first kappa shape index (κ1) is 19.5. The maximum atomic E-state index is 12.0. The number of benzene rings is 1. The van der Waals surface area contributed by atoms with Gasteiger partial charge in [-0.05, 0) is 50.3 Å². The topological polar surface area (TPSA) is 93.4 Å². The van der Waals surface area contributed by atoms with Crippen LogP contribution in [0.4, 0.5) is 5.69 Å². The zero-order chi connectivity index (χ0) is 16.9. The molecule has 25 heavy (non-hydrogen) atoms. The van der Waals surface area contributed by atoms with Crippen molar-refractivity contribution in [2.24, 2.45) is 17.6 Å². The molecule has 0 spiro atoms. The van der Waals surface area contributed by atoms with Crippen molar-refractivity contribution in [3.05, 3.63) is 24.3 Å². The first-order chi connectivity index (χ1) is 11.7. The van der Waals surface area contributed by atoms with E-state index in [9.17, 15) is 9.59 Å². The molecule has 0 bridgehead atoms. The van der Waals surface area contributed by atoms with Gasteiger partial charge in [-0.2, -0.15) is 0 Å². The van der Waals surface area contributed by atoms with Crippen LogP contribution in [0.15, 0.2) is 24.3 Å². The Morgan fingerprint density at radius 1 is 1.20 bits per heavy atom. The summed E-state index contributed by atoms with van der Waals surface area (Å²) in [5.41, 5.74) is 6.43. The van der Waals surface area contributed by atoms with Crippen LogP contribution in [0.1, 0.15) is 32.1 Å². The lowest BCUT2D eigenvalue weighted by Gasteiger charge is -2.19. The molecular weight excluding hydrogens is 342 g/mol. The number of anilines is 1. The molecule has 2 aliphatic rings. The molecule has 7 heteroatoms. The summed E-state index contributed by atoms with van der Waals surface area (Å²) in [5, 5.41) is 5.88. The number of rotatable bonds is 7. The molecule has 0 aromatic heterocycles. The maximum Gasteiger partial charge on any atom is 0.258 e. The van der Waals surface area contributed by atoms with Gasteiger partial charge in [0.25, 0.3) is 5.91 Å². The van der Waals surface area contributed by atoms with Crippen LogP contribution < -0.4 is 21.1 Å². The van der Waals surface area contributed by atoms with E-state index in [2.05, 4.69) is 10.6 Å². The van der Waals surface area contributed by atoms with E-state index in [4.69, 9.17) is 10.5 Å². The highest BCUT2D eigenvalue weighted by Crippen LogP contribution is 2.30. The summed E-state index contributed by atoms with van der Waals surface area (Å²) in [6.45, 7) is 0.572. The first-order valence-electron chi connectivity index (χ1n) is 8.69. The van der Waals surface area contributed by atoms with Gasteiger partial charge in [0.1, 0.15) is 5.75 Å². The molecule has 3 rings (SSSR count). The van der Waals surface area contributed by atoms with Crippen molar-refractivity contribution < 1.29 is 14.3 Å². The Bertz CT molecular complexity index is 607. The van der Waals surface area contributed by atoms with E-state index in [0.29, 0.717) is 23.9 Å².